The minimum Gasteiger partial charge on any atom is -0.342 e. The Balaban J connectivity index is 1.17. The van der Waals surface area contributed by atoms with Crippen LogP contribution in [0.5, 0.6) is 0 Å². The SMILES string of the molecule is CC1CCN(CC2CCCN(C(=O)NC3CCN(C(=O)C4CCCCC4)CC3)C2)CC1. The number of hydrogen-bond acceptors (Lipinski definition) is 3. The first kappa shape index (κ1) is 22.9. The highest BCUT2D eigenvalue weighted by atomic mass is 16.2. The van der Waals surface area contributed by atoms with Crippen molar-refractivity contribution in [1.82, 2.24) is 20.0 Å². The van der Waals surface area contributed by atoms with Gasteiger partial charge in [0.25, 0.3) is 0 Å². The summed E-state index contributed by atoms with van der Waals surface area (Å²) in [6.07, 6.45) is 12.6. The summed E-state index contributed by atoms with van der Waals surface area (Å²) in [6.45, 7) is 9.35. The van der Waals surface area contributed by atoms with E-state index in [1.807, 2.05) is 0 Å². The van der Waals surface area contributed by atoms with Crippen LogP contribution in [0.2, 0.25) is 0 Å². The van der Waals surface area contributed by atoms with E-state index in [9.17, 15) is 9.59 Å². The summed E-state index contributed by atoms with van der Waals surface area (Å²) in [4.78, 5) is 32.4. The molecule has 4 aliphatic rings. The van der Waals surface area contributed by atoms with Gasteiger partial charge in [0.15, 0.2) is 0 Å². The first-order valence-electron chi connectivity index (χ1n) is 13.1. The van der Waals surface area contributed by atoms with E-state index in [-0.39, 0.29) is 18.0 Å². The van der Waals surface area contributed by atoms with E-state index in [4.69, 9.17) is 0 Å². The Morgan fingerprint density at radius 3 is 2.19 bits per heavy atom. The van der Waals surface area contributed by atoms with Crippen molar-refractivity contribution >= 4 is 11.9 Å². The molecule has 31 heavy (non-hydrogen) atoms. The van der Waals surface area contributed by atoms with Gasteiger partial charge in [-0.2, -0.15) is 0 Å². The predicted octanol–water partition coefficient (Wildman–Crippen LogP) is 3.71. The summed E-state index contributed by atoms with van der Waals surface area (Å²) in [5, 5.41) is 3.29. The maximum Gasteiger partial charge on any atom is 0.317 e. The van der Waals surface area contributed by atoms with Gasteiger partial charge in [-0.3, -0.25) is 4.79 Å². The third kappa shape index (κ3) is 6.36. The van der Waals surface area contributed by atoms with Crippen molar-refractivity contribution in [2.45, 2.75) is 83.6 Å². The molecule has 1 unspecified atom stereocenters. The summed E-state index contributed by atoms with van der Waals surface area (Å²) < 4.78 is 0. The lowest BCUT2D eigenvalue weighted by atomic mass is 9.87. The van der Waals surface area contributed by atoms with Crippen LogP contribution in [0.25, 0.3) is 0 Å². The lowest BCUT2D eigenvalue weighted by Crippen LogP contribution is -2.53. The van der Waals surface area contributed by atoms with Crippen LogP contribution in [-0.4, -0.2) is 78.5 Å². The normalized spacial score (nSPS) is 28.0. The number of rotatable bonds is 4. The first-order valence-corrected chi connectivity index (χ1v) is 13.1. The standard InChI is InChI=1S/C25H44N4O2/c1-20-9-14-27(15-10-20)18-21-6-5-13-29(19-21)25(31)26-23-11-16-28(17-12-23)24(30)22-7-3-2-4-8-22/h20-23H,2-19H2,1H3,(H,26,31). The Labute approximate surface area is 189 Å². The molecule has 1 aliphatic carbocycles. The highest BCUT2D eigenvalue weighted by Crippen LogP contribution is 2.27. The number of likely N-dealkylation sites (tertiary alicyclic amines) is 3. The Morgan fingerprint density at radius 1 is 0.774 bits per heavy atom. The first-order chi connectivity index (χ1) is 15.1. The molecule has 0 spiro atoms. The third-order valence-electron chi connectivity index (χ3n) is 8.29. The monoisotopic (exact) mass is 432 g/mol. The Hall–Kier alpha value is -1.30. The van der Waals surface area contributed by atoms with Crippen LogP contribution in [0.15, 0.2) is 0 Å². The van der Waals surface area contributed by atoms with Crippen molar-refractivity contribution < 1.29 is 9.59 Å². The molecule has 6 nitrogen and oxygen atoms in total. The fourth-order valence-corrected chi connectivity index (χ4v) is 6.13. The van der Waals surface area contributed by atoms with Crippen molar-refractivity contribution in [2.75, 3.05) is 45.8 Å². The van der Waals surface area contributed by atoms with Crippen molar-refractivity contribution in [1.29, 1.82) is 0 Å². The van der Waals surface area contributed by atoms with Gasteiger partial charge in [0.2, 0.25) is 5.91 Å². The number of nitrogens with one attached hydrogen (secondary N) is 1. The van der Waals surface area contributed by atoms with Crippen LogP contribution in [0, 0.1) is 17.8 Å². The molecule has 3 amide bonds. The van der Waals surface area contributed by atoms with Crippen molar-refractivity contribution in [3.8, 4) is 0 Å². The average molecular weight is 433 g/mol. The van der Waals surface area contributed by atoms with Gasteiger partial charge >= 0.3 is 6.03 Å². The molecule has 0 aromatic heterocycles. The van der Waals surface area contributed by atoms with E-state index in [1.165, 1.54) is 51.6 Å². The smallest absolute Gasteiger partial charge is 0.317 e. The second-order valence-electron chi connectivity index (χ2n) is 10.8. The number of urea groups is 1. The van der Waals surface area contributed by atoms with Gasteiger partial charge in [-0.25, -0.2) is 4.79 Å². The van der Waals surface area contributed by atoms with E-state index >= 15 is 0 Å². The summed E-state index contributed by atoms with van der Waals surface area (Å²) in [5.74, 6) is 2.11. The summed E-state index contributed by atoms with van der Waals surface area (Å²) in [5.41, 5.74) is 0. The second-order valence-corrected chi connectivity index (χ2v) is 10.8. The molecule has 6 heteroatoms. The predicted molar refractivity (Wildman–Crippen MR) is 124 cm³/mol. The highest BCUT2D eigenvalue weighted by molar-refractivity contribution is 5.79. The molecule has 1 saturated carbocycles. The molecule has 4 rings (SSSR count). The van der Waals surface area contributed by atoms with Gasteiger partial charge in [-0.15, -0.1) is 0 Å². The Kier molecular flexibility index (Phi) is 8.13. The molecule has 3 aliphatic heterocycles. The summed E-state index contributed by atoms with van der Waals surface area (Å²) in [6, 6.07) is 0.334. The zero-order valence-electron chi connectivity index (χ0n) is 19.7. The van der Waals surface area contributed by atoms with Crippen LogP contribution in [-0.2, 0) is 4.79 Å². The summed E-state index contributed by atoms with van der Waals surface area (Å²) >= 11 is 0. The molecule has 0 bridgehead atoms. The molecule has 4 fully saturated rings. The van der Waals surface area contributed by atoms with E-state index < -0.39 is 0 Å². The number of amides is 3. The molecule has 0 aromatic carbocycles. The van der Waals surface area contributed by atoms with Gasteiger partial charge < -0.3 is 20.0 Å². The number of piperidine rings is 3. The minimum absolute atomic E-state index is 0.119. The van der Waals surface area contributed by atoms with Crippen LogP contribution < -0.4 is 5.32 Å². The Morgan fingerprint density at radius 2 is 1.48 bits per heavy atom. The fourth-order valence-electron chi connectivity index (χ4n) is 6.13. The molecule has 1 atom stereocenters. The zero-order valence-corrected chi connectivity index (χ0v) is 19.7. The quantitative estimate of drug-likeness (QED) is 0.737. The largest absolute Gasteiger partial charge is 0.342 e. The molecular weight excluding hydrogens is 388 g/mol. The fraction of sp³-hybridized carbons (Fsp3) is 0.920. The molecule has 176 valence electrons. The third-order valence-corrected chi connectivity index (χ3v) is 8.29. The van der Waals surface area contributed by atoms with Gasteiger partial charge in [0.1, 0.15) is 0 Å². The lowest BCUT2D eigenvalue weighted by molar-refractivity contribution is -0.137. The summed E-state index contributed by atoms with van der Waals surface area (Å²) in [7, 11) is 0. The van der Waals surface area contributed by atoms with Gasteiger partial charge in [0.05, 0.1) is 0 Å². The number of nitrogens with zero attached hydrogens (tertiary/aromatic N) is 3. The highest BCUT2D eigenvalue weighted by Gasteiger charge is 2.31. The van der Waals surface area contributed by atoms with Crippen molar-refractivity contribution in [3.63, 3.8) is 0 Å². The van der Waals surface area contributed by atoms with E-state index in [2.05, 4.69) is 26.9 Å². The number of carbonyl (C=O) groups excluding carboxylic acids is 2. The van der Waals surface area contributed by atoms with Crippen LogP contribution in [0.4, 0.5) is 4.79 Å². The molecule has 0 aromatic rings. The van der Waals surface area contributed by atoms with Crippen LogP contribution in [0.3, 0.4) is 0 Å². The van der Waals surface area contributed by atoms with E-state index in [0.29, 0.717) is 11.8 Å². The molecule has 1 N–H and O–H groups in total. The zero-order chi connectivity index (χ0) is 21.6. The lowest BCUT2D eigenvalue weighted by Gasteiger charge is -2.39. The number of carbonyl (C=O) groups is 2. The van der Waals surface area contributed by atoms with Crippen LogP contribution in [0.1, 0.15) is 77.6 Å². The molecule has 0 radical (unpaired) electrons. The maximum absolute atomic E-state index is 12.9. The van der Waals surface area contributed by atoms with E-state index in [0.717, 1.165) is 70.7 Å². The van der Waals surface area contributed by atoms with Gasteiger partial charge in [-0.1, -0.05) is 26.2 Å². The van der Waals surface area contributed by atoms with Crippen molar-refractivity contribution in [2.24, 2.45) is 17.8 Å². The maximum atomic E-state index is 12.9. The minimum atomic E-state index is 0.119. The number of hydrogen-bond donors (Lipinski definition) is 1. The van der Waals surface area contributed by atoms with Gasteiger partial charge in [0, 0.05) is 44.7 Å². The average Bonchev–Trinajstić information content (AvgIpc) is 2.81. The second kappa shape index (κ2) is 11.0. The van der Waals surface area contributed by atoms with Gasteiger partial charge in [-0.05, 0) is 76.3 Å². The van der Waals surface area contributed by atoms with Crippen molar-refractivity contribution in [3.05, 3.63) is 0 Å². The topological polar surface area (TPSA) is 55.9 Å². The van der Waals surface area contributed by atoms with Crippen LogP contribution >= 0.6 is 0 Å². The molecule has 3 saturated heterocycles. The Bertz CT molecular complexity index is 590. The molecular formula is C25H44N4O2. The molecule has 3 heterocycles. The van der Waals surface area contributed by atoms with E-state index in [1.54, 1.807) is 0 Å².